The Bertz CT molecular complexity index is 380. The Hall–Kier alpha value is -0.800. The van der Waals surface area contributed by atoms with E-state index in [1.54, 1.807) is 18.2 Å². The predicted molar refractivity (Wildman–Crippen MR) is 69.2 cm³/mol. The first-order valence-corrected chi connectivity index (χ1v) is 6.02. The Balaban J connectivity index is 2.76. The molecule has 1 aromatic carbocycles. The summed E-state index contributed by atoms with van der Waals surface area (Å²) in [5, 5.41) is 3.19. The normalized spacial score (nSPS) is 13.5. The van der Waals surface area contributed by atoms with E-state index < -0.39 is 0 Å². The van der Waals surface area contributed by atoms with Gasteiger partial charge in [0.1, 0.15) is 0 Å². The number of alkyl halides is 1. The number of rotatable bonds is 5. The van der Waals surface area contributed by atoms with Crippen molar-refractivity contribution in [2.45, 2.75) is 38.2 Å². The molecule has 0 radical (unpaired) electrons. The van der Waals surface area contributed by atoms with Crippen LogP contribution in [0.25, 0.3) is 0 Å². The van der Waals surface area contributed by atoms with Crippen LogP contribution in [-0.2, 0) is 6.54 Å². The molecule has 0 saturated heterocycles. The molecule has 0 aliphatic carbocycles. The molecule has 0 aliphatic heterocycles. The van der Waals surface area contributed by atoms with Crippen LogP contribution in [0.15, 0.2) is 18.2 Å². The van der Waals surface area contributed by atoms with Crippen LogP contribution >= 0.6 is 11.6 Å². The highest BCUT2D eigenvalue weighted by atomic mass is 35.5. The Labute approximate surface area is 107 Å². The molecular formula is C13H19ClFNO. The summed E-state index contributed by atoms with van der Waals surface area (Å²) in [6, 6.07) is 5.12. The molecule has 1 unspecified atom stereocenters. The zero-order chi connectivity index (χ0) is 13.1. The molecule has 0 aliphatic rings. The molecule has 1 aromatic rings. The molecule has 4 heteroatoms. The van der Waals surface area contributed by atoms with Gasteiger partial charge in [-0.1, -0.05) is 12.1 Å². The smallest absolute Gasteiger partial charge is 0.169 e. The second-order valence-electron chi connectivity index (χ2n) is 4.62. The van der Waals surface area contributed by atoms with Gasteiger partial charge in [-0.15, -0.1) is 11.6 Å². The zero-order valence-corrected chi connectivity index (χ0v) is 11.4. The van der Waals surface area contributed by atoms with Crippen LogP contribution in [0.2, 0.25) is 0 Å². The summed E-state index contributed by atoms with van der Waals surface area (Å²) in [6.07, 6.45) is 0. The maximum atomic E-state index is 13.9. The van der Waals surface area contributed by atoms with Crippen molar-refractivity contribution >= 4 is 11.6 Å². The number of hydrogen-bond acceptors (Lipinski definition) is 2. The monoisotopic (exact) mass is 259 g/mol. The molecule has 0 saturated carbocycles. The van der Waals surface area contributed by atoms with Crippen LogP contribution in [0, 0.1) is 5.82 Å². The SMILES string of the molecule is COc1cccc(CNC(C)(C)C(C)Cl)c1F. The van der Waals surface area contributed by atoms with Gasteiger partial charge in [0.2, 0.25) is 0 Å². The molecule has 1 atom stereocenters. The van der Waals surface area contributed by atoms with Crippen molar-refractivity contribution in [3.63, 3.8) is 0 Å². The second kappa shape index (κ2) is 5.69. The zero-order valence-electron chi connectivity index (χ0n) is 10.7. The fourth-order valence-corrected chi connectivity index (χ4v) is 1.39. The van der Waals surface area contributed by atoms with Gasteiger partial charge >= 0.3 is 0 Å². The van der Waals surface area contributed by atoms with Gasteiger partial charge < -0.3 is 10.1 Å². The molecular weight excluding hydrogens is 241 g/mol. The van der Waals surface area contributed by atoms with Gasteiger partial charge in [-0.2, -0.15) is 0 Å². The maximum absolute atomic E-state index is 13.9. The third-order valence-corrected chi connectivity index (χ3v) is 3.54. The maximum Gasteiger partial charge on any atom is 0.169 e. The lowest BCUT2D eigenvalue weighted by molar-refractivity contribution is 0.365. The first-order valence-electron chi connectivity index (χ1n) is 5.59. The summed E-state index contributed by atoms with van der Waals surface area (Å²) >= 11 is 6.05. The fourth-order valence-electron chi connectivity index (χ4n) is 1.31. The van der Waals surface area contributed by atoms with E-state index in [0.29, 0.717) is 12.1 Å². The van der Waals surface area contributed by atoms with E-state index >= 15 is 0 Å². The van der Waals surface area contributed by atoms with Crippen molar-refractivity contribution in [2.24, 2.45) is 0 Å². The second-order valence-corrected chi connectivity index (χ2v) is 5.28. The van der Waals surface area contributed by atoms with Gasteiger partial charge in [0.15, 0.2) is 11.6 Å². The van der Waals surface area contributed by atoms with Gasteiger partial charge in [-0.25, -0.2) is 4.39 Å². The molecule has 17 heavy (non-hydrogen) atoms. The van der Waals surface area contributed by atoms with E-state index in [0.717, 1.165) is 0 Å². The van der Waals surface area contributed by atoms with Gasteiger partial charge in [-0.05, 0) is 26.8 Å². The third-order valence-electron chi connectivity index (χ3n) is 2.99. The lowest BCUT2D eigenvalue weighted by Gasteiger charge is -2.29. The van der Waals surface area contributed by atoms with Crippen LogP contribution in [0.1, 0.15) is 26.3 Å². The van der Waals surface area contributed by atoms with Crippen molar-refractivity contribution in [1.29, 1.82) is 0 Å². The number of ether oxygens (including phenoxy) is 1. The molecule has 1 rings (SSSR count). The third kappa shape index (κ3) is 3.58. The fraction of sp³-hybridized carbons (Fsp3) is 0.538. The summed E-state index contributed by atoms with van der Waals surface area (Å²) in [5.41, 5.74) is 0.326. The molecule has 96 valence electrons. The minimum absolute atomic E-state index is 0.0452. The van der Waals surface area contributed by atoms with Gasteiger partial charge in [0, 0.05) is 23.0 Å². The molecule has 0 bridgehead atoms. The van der Waals surface area contributed by atoms with E-state index in [2.05, 4.69) is 5.32 Å². The van der Waals surface area contributed by atoms with Gasteiger partial charge in [0.25, 0.3) is 0 Å². The Kier molecular flexibility index (Phi) is 4.78. The number of benzene rings is 1. The average molecular weight is 260 g/mol. The number of methoxy groups -OCH3 is 1. The lowest BCUT2D eigenvalue weighted by Crippen LogP contribution is -2.45. The number of hydrogen-bond donors (Lipinski definition) is 1. The number of halogens is 2. The molecule has 0 spiro atoms. The topological polar surface area (TPSA) is 21.3 Å². The van der Waals surface area contributed by atoms with Gasteiger partial charge in [0.05, 0.1) is 7.11 Å². The summed E-state index contributed by atoms with van der Waals surface area (Å²) < 4.78 is 18.8. The van der Waals surface area contributed by atoms with Crippen LogP contribution < -0.4 is 10.1 Å². The molecule has 2 nitrogen and oxygen atoms in total. The highest BCUT2D eigenvalue weighted by molar-refractivity contribution is 6.21. The van der Waals surface area contributed by atoms with E-state index in [1.807, 2.05) is 20.8 Å². The summed E-state index contributed by atoms with van der Waals surface area (Å²) in [6.45, 7) is 6.31. The Morgan fingerprint density at radius 2 is 2.12 bits per heavy atom. The molecule has 0 heterocycles. The quantitative estimate of drug-likeness (QED) is 0.819. The lowest BCUT2D eigenvalue weighted by atomic mass is 10.0. The first-order chi connectivity index (χ1) is 7.88. The minimum atomic E-state index is -0.319. The van der Waals surface area contributed by atoms with Crippen molar-refractivity contribution in [1.82, 2.24) is 5.32 Å². The van der Waals surface area contributed by atoms with E-state index in [4.69, 9.17) is 16.3 Å². The van der Waals surface area contributed by atoms with Crippen molar-refractivity contribution in [3.8, 4) is 5.75 Å². The number of nitrogens with one attached hydrogen (secondary N) is 1. The molecule has 0 fully saturated rings. The van der Waals surface area contributed by atoms with E-state index in [9.17, 15) is 4.39 Å². The van der Waals surface area contributed by atoms with Crippen LogP contribution in [0.5, 0.6) is 5.75 Å². The van der Waals surface area contributed by atoms with Crippen LogP contribution in [0.3, 0.4) is 0 Å². The standard InChI is InChI=1S/C13H19ClFNO/c1-9(14)13(2,3)16-8-10-6-5-7-11(17-4)12(10)15/h5-7,9,16H,8H2,1-4H3. The largest absolute Gasteiger partial charge is 0.494 e. The van der Waals surface area contributed by atoms with Crippen molar-refractivity contribution in [2.75, 3.05) is 7.11 Å². The van der Waals surface area contributed by atoms with Crippen molar-refractivity contribution in [3.05, 3.63) is 29.6 Å². The Morgan fingerprint density at radius 3 is 2.65 bits per heavy atom. The highest BCUT2D eigenvalue weighted by Gasteiger charge is 2.23. The highest BCUT2D eigenvalue weighted by Crippen LogP contribution is 2.21. The summed E-state index contributed by atoms with van der Waals surface area (Å²) in [7, 11) is 1.46. The Morgan fingerprint density at radius 1 is 1.47 bits per heavy atom. The summed E-state index contributed by atoms with van der Waals surface area (Å²) in [5.74, 6) is -0.0541. The summed E-state index contributed by atoms with van der Waals surface area (Å²) in [4.78, 5) is 0. The van der Waals surface area contributed by atoms with Gasteiger partial charge in [-0.3, -0.25) is 0 Å². The predicted octanol–water partition coefficient (Wildman–Crippen LogP) is 3.33. The molecule has 0 aromatic heterocycles. The van der Waals surface area contributed by atoms with Crippen molar-refractivity contribution < 1.29 is 9.13 Å². The molecule has 0 amide bonds. The minimum Gasteiger partial charge on any atom is -0.494 e. The van der Waals surface area contributed by atoms with Crippen LogP contribution in [-0.4, -0.2) is 18.0 Å². The van der Waals surface area contributed by atoms with E-state index in [-0.39, 0.29) is 22.5 Å². The molecule has 1 N–H and O–H groups in total. The first kappa shape index (κ1) is 14.3. The van der Waals surface area contributed by atoms with E-state index in [1.165, 1.54) is 7.11 Å². The average Bonchev–Trinajstić information content (AvgIpc) is 2.27. The van der Waals surface area contributed by atoms with Crippen LogP contribution in [0.4, 0.5) is 4.39 Å².